The molecule has 4 aromatic rings. The topological polar surface area (TPSA) is 152 Å². The van der Waals surface area contributed by atoms with Crippen molar-refractivity contribution in [3.8, 4) is 22.3 Å². The molecule has 0 radical (unpaired) electrons. The normalized spacial score (nSPS) is 13.0. The Bertz CT molecular complexity index is 1930. The quantitative estimate of drug-likeness (QED) is 0.166. The molecule has 1 amide bonds. The Hall–Kier alpha value is -3.69. The van der Waals surface area contributed by atoms with E-state index in [1.165, 1.54) is 80.8 Å². The number of sulfonamides is 1. The van der Waals surface area contributed by atoms with E-state index in [1.54, 1.807) is 22.8 Å². The summed E-state index contributed by atoms with van der Waals surface area (Å²) in [5.41, 5.74) is 3.09. The van der Waals surface area contributed by atoms with Gasteiger partial charge in [-0.2, -0.15) is 0 Å². The maximum atomic E-state index is 14.2. The molecule has 0 fully saturated rings. The summed E-state index contributed by atoms with van der Waals surface area (Å²) in [7, 11) is -0.797. The molecule has 0 spiro atoms. The number of carbonyl (C=O) groups is 2. The van der Waals surface area contributed by atoms with Gasteiger partial charge in [-0.25, -0.2) is 21.5 Å². The first-order valence-corrected chi connectivity index (χ1v) is 16.9. The summed E-state index contributed by atoms with van der Waals surface area (Å²) in [6.45, 7) is 3.70. The van der Waals surface area contributed by atoms with E-state index in [0.29, 0.717) is 33.5 Å². The molecule has 0 saturated carbocycles. The molecule has 0 aliphatic rings. The average Bonchev–Trinajstić information content (AvgIpc) is 3.38. The smallest absolute Gasteiger partial charge is 0.550 e. The van der Waals surface area contributed by atoms with Crippen molar-refractivity contribution in [1.82, 2.24) is 14.2 Å². The van der Waals surface area contributed by atoms with Crippen LogP contribution in [0.15, 0.2) is 83.8 Å². The molecule has 1 aromatic heterocycles. The number of benzene rings is 3. The molecule has 0 saturated heterocycles. The number of carboxylic acids is 1. The van der Waals surface area contributed by atoms with Crippen LogP contribution in [0.4, 0.5) is 8.78 Å². The number of nitrogens with zero attached hydrogens (tertiary/aromatic N) is 2. The van der Waals surface area contributed by atoms with Crippen LogP contribution < -0.4 is 40.0 Å². The Morgan fingerprint density at radius 3 is 1.90 bits per heavy atom. The molecule has 0 bridgehead atoms. The minimum Gasteiger partial charge on any atom is -0.550 e. The summed E-state index contributed by atoms with van der Waals surface area (Å²) >= 11 is 0. The minimum absolute atomic E-state index is 0. The van der Waals surface area contributed by atoms with Gasteiger partial charge in [-0.05, 0) is 73.0 Å². The minimum atomic E-state index is -3.65. The Kier molecular flexibility index (Phi) is 14.3. The maximum Gasteiger partial charge on any atom is 1.00 e. The number of nitrogens with one attached hydrogen (secondary N) is 1. The molecule has 2 atom stereocenters. The van der Waals surface area contributed by atoms with Gasteiger partial charge in [0.1, 0.15) is 17.3 Å². The molecule has 3 aromatic carbocycles. The summed E-state index contributed by atoms with van der Waals surface area (Å²) in [5, 5.41) is 34.5. The van der Waals surface area contributed by atoms with E-state index in [1.807, 2.05) is 13.8 Å². The van der Waals surface area contributed by atoms with Gasteiger partial charge in [0, 0.05) is 62.3 Å². The summed E-state index contributed by atoms with van der Waals surface area (Å²) in [6, 6.07) is 16.8. The Morgan fingerprint density at radius 2 is 1.42 bits per heavy atom. The van der Waals surface area contributed by atoms with Crippen LogP contribution in [0.25, 0.3) is 28.3 Å². The molecule has 260 valence electrons. The molecule has 3 N–H and O–H groups in total. The van der Waals surface area contributed by atoms with Gasteiger partial charge in [0.05, 0.1) is 17.1 Å². The van der Waals surface area contributed by atoms with Crippen LogP contribution in [0.2, 0.25) is 0 Å². The molecule has 1 heterocycles. The van der Waals surface area contributed by atoms with Gasteiger partial charge in [0.2, 0.25) is 10.0 Å². The number of amides is 1. The number of aromatic nitrogens is 1. The number of aliphatic hydroxyl groups excluding tert-OH is 2. The molecular formula is C36H38F2N3NaO7S. The van der Waals surface area contributed by atoms with Gasteiger partial charge < -0.3 is 30.0 Å². The SMILES string of the molecule is CC(C)n1c(C=C[C@@H](O)C[C@@H](O)CC(=O)[O-])c(-c2ccc(F)cc2)c(-c2ccc(F)cc2)c1C(=O)NCc1ccc(S(=O)(=O)N(C)C)cc1.[Na+]. The van der Waals surface area contributed by atoms with Crippen molar-refractivity contribution in [3.05, 3.63) is 107 Å². The summed E-state index contributed by atoms with van der Waals surface area (Å²) in [5.74, 6) is -2.98. The predicted molar refractivity (Wildman–Crippen MR) is 179 cm³/mol. The van der Waals surface area contributed by atoms with E-state index >= 15 is 0 Å². The van der Waals surface area contributed by atoms with Crippen molar-refractivity contribution in [2.45, 2.75) is 56.4 Å². The number of hydrogen-bond acceptors (Lipinski definition) is 7. The molecule has 50 heavy (non-hydrogen) atoms. The van der Waals surface area contributed by atoms with E-state index < -0.39 is 52.2 Å². The van der Waals surface area contributed by atoms with E-state index in [4.69, 9.17) is 0 Å². The van der Waals surface area contributed by atoms with Crippen LogP contribution in [0.5, 0.6) is 0 Å². The van der Waals surface area contributed by atoms with Crippen LogP contribution >= 0.6 is 0 Å². The Morgan fingerprint density at radius 1 is 0.900 bits per heavy atom. The van der Waals surface area contributed by atoms with Crippen molar-refractivity contribution < 1.29 is 71.7 Å². The first kappa shape index (κ1) is 40.7. The van der Waals surface area contributed by atoms with Crippen LogP contribution in [0.3, 0.4) is 0 Å². The molecule has 0 unspecified atom stereocenters. The number of carboxylic acid groups (broad SMARTS) is 1. The second-order valence-corrected chi connectivity index (χ2v) is 14.1. The largest absolute Gasteiger partial charge is 1.00 e. The molecule has 0 aliphatic carbocycles. The monoisotopic (exact) mass is 717 g/mol. The number of carbonyl (C=O) groups excluding carboxylic acids is 2. The number of aliphatic carboxylic acids is 1. The van der Waals surface area contributed by atoms with Crippen LogP contribution in [-0.2, 0) is 21.4 Å². The van der Waals surface area contributed by atoms with Crippen molar-refractivity contribution in [2.24, 2.45) is 0 Å². The van der Waals surface area contributed by atoms with Crippen molar-refractivity contribution >= 4 is 28.0 Å². The third-order valence-electron chi connectivity index (χ3n) is 7.79. The van der Waals surface area contributed by atoms with Crippen molar-refractivity contribution in [2.75, 3.05) is 14.1 Å². The molecular weight excluding hydrogens is 679 g/mol. The number of hydrogen-bond donors (Lipinski definition) is 3. The summed E-state index contributed by atoms with van der Waals surface area (Å²) < 4.78 is 56.0. The van der Waals surface area contributed by atoms with E-state index in [-0.39, 0.29) is 59.2 Å². The second-order valence-electron chi connectivity index (χ2n) is 12.0. The van der Waals surface area contributed by atoms with Crippen molar-refractivity contribution in [1.29, 1.82) is 0 Å². The fraction of sp³-hybridized carbons (Fsp3) is 0.278. The first-order chi connectivity index (χ1) is 23.1. The Balaban J connectivity index is 0.00000676. The fourth-order valence-electron chi connectivity index (χ4n) is 5.43. The molecule has 14 heteroatoms. The number of rotatable bonds is 14. The third-order valence-corrected chi connectivity index (χ3v) is 9.62. The van der Waals surface area contributed by atoms with E-state index in [2.05, 4.69) is 5.32 Å². The van der Waals surface area contributed by atoms with Crippen molar-refractivity contribution in [3.63, 3.8) is 0 Å². The van der Waals surface area contributed by atoms with E-state index in [0.717, 1.165) is 4.31 Å². The van der Waals surface area contributed by atoms with Crippen LogP contribution in [-0.4, -0.2) is 65.7 Å². The fourth-order valence-corrected chi connectivity index (χ4v) is 6.33. The first-order valence-electron chi connectivity index (χ1n) is 15.4. The zero-order valence-corrected chi connectivity index (χ0v) is 31.2. The van der Waals surface area contributed by atoms with Gasteiger partial charge in [-0.1, -0.05) is 42.5 Å². The zero-order chi connectivity index (χ0) is 36.0. The predicted octanol–water partition coefficient (Wildman–Crippen LogP) is 1.13. The van der Waals surface area contributed by atoms with Gasteiger partial charge >= 0.3 is 29.6 Å². The number of halogens is 2. The second kappa shape index (κ2) is 17.5. The third kappa shape index (κ3) is 9.75. The van der Waals surface area contributed by atoms with Crippen LogP contribution in [0, 0.1) is 11.6 Å². The van der Waals surface area contributed by atoms with E-state index in [9.17, 15) is 42.1 Å². The summed E-state index contributed by atoms with van der Waals surface area (Å²) in [4.78, 5) is 25.2. The standard InChI is InChI=1S/C36H39F2N3O7S.Na/c1-22(2)41-31(18-15-28(42)19-29(43)20-32(44)45)33(24-7-11-26(37)12-8-24)34(25-9-13-27(38)14-10-25)35(41)36(46)39-21-23-5-16-30(17-6-23)49(47,48)40(3)4;/h5-18,22,28-29,42-43H,19-21H2,1-4H3,(H,39,46)(H,44,45);/q;+1/p-1/t28-,29-;/m1./s1. The molecule has 10 nitrogen and oxygen atoms in total. The van der Waals surface area contributed by atoms with Gasteiger partial charge in [-0.15, -0.1) is 0 Å². The zero-order valence-electron chi connectivity index (χ0n) is 28.4. The number of aliphatic hydroxyl groups is 2. The van der Waals surface area contributed by atoms with Gasteiger partial charge in [0.25, 0.3) is 5.91 Å². The average molecular weight is 718 g/mol. The van der Waals surface area contributed by atoms with Crippen LogP contribution in [0.1, 0.15) is 54.5 Å². The molecule has 4 rings (SSSR count). The summed E-state index contributed by atoms with van der Waals surface area (Å²) in [6.07, 6.45) is -0.711. The molecule has 0 aliphatic heterocycles. The van der Waals surface area contributed by atoms with Gasteiger partial charge in [-0.3, -0.25) is 4.79 Å². The Labute approximate surface area is 312 Å². The maximum absolute atomic E-state index is 14.2. The van der Waals surface area contributed by atoms with Gasteiger partial charge in [0.15, 0.2) is 0 Å².